The van der Waals surface area contributed by atoms with Gasteiger partial charge in [0.1, 0.15) is 5.82 Å². The van der Waals surface area contributed by atoms with E-state index in [4.69, 9.17) is 0 Å². The number of nitrogens with zero attached hydrogens (tertiary/aromatic N) is 2. The maximum atomic E-state index is 14.3. The van der Waals surface area contributed by atoms with Crippen LogP contribution >= 0.6 is 0 Å². The molecule has 4 nitrogen and oxygen atoms in total. The molecular weight excluding hydrogens is 269 g/mol. The molecule has 1 unspecified atom stereocenters. The summed E-state index contributed by atoms with van der Waals surface area (Å²) in [5, 5.41) is 3.28. The van der Waals surface area contributed by atoms with Gasteiger partial charge in [-0.3, -0.25) is 4.79 Å². The molecule has 1 heterocycles. The summed E-state index contributed by atoms with van der Waals surface area (Å²) in [6.45, 7) is 9.18. The topological polar surface area (TPSA) is 35.6 Å². The van der Waals surface area contributed by atoms with Crippen molar-refractivity contribution >= 4 is 11.6 Å². The van der Waals surface area contributed by atoms with Crippen molar-refractivity contribution in [3.8, 4) is 0 Å². The molecule has 0 aliphatic carbocycles. The van der Waals surface area contributed by atoms with Gasteiger partial charge >= 0.3 is 0 Å². The summed E-state index contributed by atoms with van der Waals surface area (Å²) in [5.74, 6) is -0.0986. The van der Waals surface area contributed by atoms with Crippen molar-refractivity contribution in [1.29, 1.82) is 0 Å². The molecule has 1 aromatic carbocycles. The van der Waals surface area contributed by atoms with E-state index in [1.807, 2.05) is 30.9 Å². The van der Waals surface area contributed by atoms with Crippen LogP contribution in [0.3, 0.4) is 0 Å². The normalized spacial score (nSPS) is 17.0. The van der Waals surface area contributed by atoms with Crippen LogP contribution in [0.5, 0.6) is 0 Å². The van der Waals surface area contributed by atoms with Gasteiger partial charge in [0.2, 0.25) is 5.91 Å². The van der Waals surface area contributed by atoms with E-state index in [1.54, 1.807) is 17.9 Å². The Hall–Kier alpha value is -1.62. The van der Waals surface area contributed by atoms with Crippen LogP contribution in [0.4, 0.5) is 10.1 Å². The Balaban J connectivity index is 2.06. The lowest BCUT2D eigenvalue weighted by Crippen LogP contribution is -2.48. The Morgan fingerprint density at radius 3 is 2.52 bits per heavy atom. The van der Waals surface area contributed by atoms with E-state index < -0.39 is 0 Å². The molecule has 0 aromatic heterocycles. The van der Waals surface area contributed by atoms with Crippen LogP contribution in [0.25, 0.3) is 0 Å². The van der Waals surface area contributed by atoms with Crippen molar-refractivity contribution in [2.24, 2.45) is 0 Å². The van der Waals surface area contributed by atoms with Crippen LogP contribution < -0.4 is 10.2 Å². The zero-order valence-electron chi connectivity index (χ0n) is 13.0. The lowest BCUT2D eigenvalue weighted by Gasteiger charge is -2.35. The second-order valence-electron chi connectivity index (χ2n) is 5.48. The van der Waals surface area contributed by atoms with E-state index in [-0.39, 0.29) is 17.8 Å². The number of nitrogens with one attached hydrogen (secondary N) is 1. The molecule has 1 atom stereocenters. The number of amides is 1. The van der Waals surface area contributed by atoms with Gasteiger partial charge in [0.15, 0.2) is 0 Å². The largest absolute Gasteiger partial charge is 0.366 e. The zero-order chi connectivity index (χ0) is 15.4. The number of hydrogen-bond acceptors (Lipinski definition) is 3. The van der Waals surface area contributed by atoms with Gasteiger partial charge in [-0.25, -0.2) is 4.39 Å². The van der Waals surface area contributed by atoms with E-state index in [0.29, 0.717) is 31.9 Å². The van der Waals surface area contributed by atoms with E-state index in [0.717, 1.165) is 12.1 Å². The van der Waals surface area contributed by atoms with Crippen LogP contribution in [-0.2, 0) is 4.79 Å². The average molecular weight is 293 g/mol. The molecule has 0 spiro atoms. The second-order valence-corrected chi connectivity index (χ2v) is 5.48. The van der Waals surface area contributed by atoms with Crippen LogP contribution in [0, 0.1) is 5.82 Å². The predicted octanol–water partition coefficient (Wildman–Crippen LogP) is 2.16. The molecule has 1 amide bonds. The summed E-state index contributed by atoms with van der Waals surface area (Å²) in [6.07, 6.45) is 0. The smallest absolute Gasteiger partial charge is 0.219 e. The molecule has 1 aromatic rings. The second kappa shape index (κ2) is 6.89. The van der Waals surface area contributed by atoms with Gasteiger partial charge < -0.3 is 15.1 Å². The minimum absolute atomic E-state index is 0.0879. The Morgan fingerprint density at radius 1 is 1.33 bits per heavy atom. The highest BCUT2D eigenvalue weighted by Crippen LogP contribution is 2.24. The van der Waals surface area contributed by atoms with E-state index in [1.165, 1.54) is 0 Å². The van der Waals surface area contributed by atoms with Gasteiger partial charge in [-0.1, -0.05) is 13.0 Å². The highest BCUT2D eigenvalue weighted by atomic mass is 19.1. The maximum absolute atomic E-state index is 14.3. The molecule has 0 radical (unpaired) electrons. The minimum Gasteiger partial charge on any atom is -0.366 e. The first kappa shape index (κ1) is 15.8. The summed E-state index contributed by atoms with van der Waals surface area (Å²) >= 11 is 0. The molecule has 21 heavy (non-hydrogen) atoms. The van der Waals surface area contributed by atoms with Gasteiger partial charge in [-0.2, -0.15) is 0 Å². The molecule has 1 aliphatic heterocycles. The third-order valence-corrected chi connectivity index (χ3v) is 4.05. The van der Waals surface area contributed by atoms with Gasteiger partial charge in [0.25, 0.3) is 0 Å². The highest BCUT2D eigenvalue weighted by Gasteiger charge is 2.21. The Morgan fingerprint density at radius 2 is 2.00 bits per heavy atom. The molecule has 1 fully saturated rings. The lowest BCUT2D eigenvalue weighted by atomic mass is 10.1. The number of carbonyl (C=O) groups excluding carboxylic acids is 1. The van der Waals surface area contributed by atoms with Gasteiger partial charge in [-0.05, 0) is 31.2 Å². The van der Waals surface area contributed by atoms with Crippen molar-refractivity contribution in [3.63, 3.8) is 0 Å². The zero-order valence-corrected chi connectivity index (χ0v) is 13.0. The molecule has 1 N–H and O–H groups in total. The van der Waals surface area contributed by atoms with Crippen molar-refractivity contribution in [3.05, 3.63) is 29.6 Å². The lowest BCUT2D eigenvalue weighted by molar-refractivity contribution is -0.129. The third-order valence-electron chi connectivity index (χ3n) is 4.05. The molecular formula is C16H24FN3O. The average Bonchev–Trinajstić information content (AvgIpc) is 2.47. The van der Waals surface area contributed by atoms with E-state index in [2.05, 4.69) is 5.32 Å². The molecule has 116 valence electrons. The van der Waals surface area contributed by atoms with E-state index in [9.17, 15) is 9.18 Å². The number of halogens is 1. The molecule has 0 saturated carbocycles. The van der Waals surface area contributed by atoms with Crippen LogP contribution in [0.15, 0.2) is 18.2 Å². The summed E-state index contributed by atoms with van der Waals surface area (Å²) < 4.78 is 14.3. The van der Waals surface area contributed by atoms with Crippen molar-refractivity contribution < 1.29 is 9.18 Å². The first-order chi connectivity index (χ1) is 10.0. The number of carbonyl (C=O) groups is 1. The maximum Gasteiger partial charge on any atom is 0.219 e. The fraction of sp³-hybridized carbons (Fsp3) is 0.562. The van der Waals surface area contributed by atoms with Crippen LogP contribution in [-0.4, -0.2) is 43.5 Å². The summed E-state index contributed by atoms with van der Waals surface area (Å²) in [5.41, 5.74) is 1.59. The molecule has 1 saturated heterocycles. The fourth-order valence-corrected chi connectivity index (χ4v) is 2.74. The Bertz CT molecular complexity index is 498. The van der Waals surface area contributed by atoms with Crippen molar-refractivity contribution in [2.75, 3.05) is 37.6 Å². The standard InChI is InChI=1S/C16H24FN3O/c1-4-18-12(2)14-5-6-16(15(17)11-14)20-9-7-19(8-10-20)13(3)21/h5-6,11-12,18H,4,7-10H2,1-3H3. The fourth-order valence-electron chi connectivity index (χ4n) is 2.74. The predicted molar refractivity (Wildman–Crippen MR) is 83.0 cm³/mol. The summed E-state index contributed by atoms with van der Waals surface area (Å²) in [4.78, 5) is 15.1. The Kier molecular flexibility index (Phi) is 5.17. The SMILES string of the molecule is CCNC(C)c1ccc(N2CCN(C(C)=O)CC2)c(F)c1. The summed E-state index contributed by atoms with van der Waals surface area (Å²) in [6, 6.07) is 5.58. The number of piperazine rings is 1. The van der Waals surface area contributed by atoms with Crippen LogP contribution in [0.1, 0.15) is 32.4 Å². The molecule has 0 bridgehead atoms. The van der Waals surface area contributed by atoms with Gasteiger partial charge in [0, 0.05) is 39.1 Å². The minimum atomic E-state index is -0.187. The quantitative estimate of drug-likeness (QED) is 0.924. The van der Waals surface area contributed by atoms with Crippen LogP contribution in [0.2, 0.25) is 0 Å². The Labute approximate surface area is 125 Å². The molecule has 1 aliphatic rings. The number of benzene rings is 1. The monoisotopic (exact) mass is 293 g/mol. The third kappa shape index (κ3) is 3.73. The molecule has 5 heteroatoms. The van der Waals surface area contributed by atoms with Crippen molar-refractivity contribution in [1.82, 2.24) is 10.2 Å². The highest BCUT2D eigenvalue weighted by molar-refractivity contribution is 5.73. The first-order valence-electron chi connectivity index (χ1n) is 7.56. The number of anilines is 1. The van der Waals surface area contributed by atoms with E-state index >= 15 is 0 Å². The number of rotatable bonds is 4. The van der Waals surface area contributed by atoms with Gasteiger partial charge in [-0.15, -0.1) is 0 Å². The van der Waals surface area contributed by atoms with Gasteiger partial charge in [0.05, 0.1) is 5.69 Å². The van der Waals surface area contributed by atoms with Crippen molar-refractivity contribution in [2.45, 2.75) is 26.8 Å². The molecule has 2 rings (SSSR count). The first-order valence-corrected chi connectivity index (χ1v) is 7.56. The number of hydrogen-bond donors (Lipinski definition) is 1. The summed E-state index contributed by atoms with van der Waals surface area (Å²) in [7, 11) is 0.